The summed E-state index contributed by atoms with van der Waals surface area (Å²) in [7, 11) is 1.40. The Kier molecular flexibility index (Phi) is 7.10. The summed E-state index contributed by atoms with van der Waals surface area (Å²) in [4.78, 5) is 16.4. The summed E-state index contributed by atoms with van der Waals surface area (Å²) in [5.74, 6) is -0.724. The molecule has 2 aromatic carbocycles. The number of aromatic nitrogens is 2. The largest absolute Gasteiger partial charge is 0.588 e. The molecular formula is C18H12Cl3F2N3O3S. The van der Waals surface area contributed by atoms with Crippen molar-refractivity contribution < 1.29 is 22.9 Å². The summed E-state index contributed by atoms with van der Waals surface area (Å²) in [6, 6.07) is 8.57. The van der Waals surface area contributed by atoms with Gasteiger partial charge < -0.3 is 9.29 Å². The summed E-state index contributed by atoms with van der Waals surface area (Å²) in [5.41, 5.74) is -1.17. The number of carbonyl (C=O) groups is 1. The number of nitrogens with one attached hydrogen (secondary N) is 1. The van der Waals surface area contributed by atoms with Crippen molar-refractivity contribution in [1.29, 1.82) is 0 Å². The van der Waals surface area contributed by atoms with Gasteiger partial charge in [0.25, 0.3) is 6.43 Å². The summed E-state index contributed by atoms with van der Waals surface area (Å²) in [5, 5.41) is 0.494. The zero-order chi connectivity index (χ0) is 22.0. The van der Waals surface area contributed by atoms with E-state index in [9.17, 15) is 18.1 Å². The zero-order valence-corrected chi connectivity index (χ0v) is 18.1. The topological polar surface area (TPSA) is 79.2 Å². The number of halogens is 5. The maximum absolute atomic E-state index is 13.8. The number of methoxy groups -OCH3 is 1. The first kappa shape index (κ1) is 22.6. The van der Waals surface area contributed by atoms with Crippen molar-refractivity contribution >= 4 is 52.1 Å². The summed E-state index contributed by atoms with van der Waals surface area (Å²) >= 11 is 15.8. The number of nitrogens with zero attached hydrogens (tertiary/aromatic N) is 2. The molecule has 0 saturated carbocycles. The second kappa shape index (κ2) is 9.40. The summed E-state index contributed by atoms with van der Waals surface area (Å²) in [6.45, 7) is 0. The third kappa shape index (κ3) is 4.65. The molecule has 0 radical (unpaired) electrons. The van der Waals surface area contributed by atoms with Crippen LogP contribution in [0.2, 0.25) is 15.1 Å². The van der Waals surface area contributed by atoms with Crippen LogP contribution in [-0.4, -0.2) is 27.1 Å². The van der Waals surface area contributed by atoms with Gasteiger partial charge in [-0.1, -0.05) is 34.8 Å². The summed E-state index contributed by atoms with van der Waals surface area (Å²) in [6.07, 6.45) is -2.05. The number of rotatable bonds is 6. The molecule has 0 aliphatic carbocycles. The molecule has 12 heteroatoms. The van der Waals surface area contributed by atoms with Crippen molar-refractivity contribution in [2.75, 3.05) is 7.11 Å². The van der Waals surface area contributed by atoms with Gasteiger partial charge in [-0.2, -0.15) is 4.72 Å². The highest BCUT2D eigenvalue weighted by molar-refractivity contribution is 7.90. The fraction of sp³-hybridized carbons (Fsp3) is 0.111. The Hall–Kier alpha value is -2.04. The van der Waals surface area contributed by atoms with Gasteiger partial charge in [0.05, 0.1) is 22.8 Å². The van der Waals surface area contributed by atoms with E-state index in [0.29, 0.717) is 10.8 Å². The molecule has 0 saturated heterocycles. The van der Waals surface area contributed by atoms with Crippen molar-refractivity contribution in [1.82, 2.24) is 14.3 Å². The van der Waals surface area contributed by atoms with E-state index in [4.69, 9.17) is 39.5 Å². The van der Waals surface area contributed by atoms with Crippen LogP contribution < -0.4 is 9.46 Å². The number of hydrogen-bond donors (Lipinski definition) is 1. The molecule has 0 aliphatic rings. The Morgan fingerprint density at radius 3 is 2.57 bits per heavy atom. The lowest BCUT2D eigenvalue weighted by Crippen LogP contribution is -2.32. The number of carbonyl (C=O) groups excluding carboxylic acids is 1. The first-order chi connectivity index (χ1) is 14.2. The fourth-order valence-corrected chi connectivity index (χ4v) is 4.22. The molecule has 3 rings (SSSR count). The first-order valence-corrected chi connectivity index (χ1v) is 10.4. The van der Waals surface area contributed by atoms with E-state index in [0.717, 1.165) is 10.9 Å². The van der Waals surface area contributed by atoms with Gasteiger partial charge in [0.1, 0.15) is 29.1 Å². The lowest BCUT2D eigenvalue weighted by Gasteiger charge is -2.13. The maximum atomic E-state index is 13.8. The van der Waals surface area contributed by atoms with E-state index in [-0.39, 0.29) is 20.6 Å². The standard InChI is InChI=1S/C18H12Cl3F2N3O3S/c1-29-10-3-4-11(20)14(7-10)30(28)25-18(27)15-16(17(22)23)26(8-24-15)13-5-2-9(19)6-12(13)21/h2-8,17H,1H3,(H,25,27). The van der Waals surface area contributed by atoms with E-state index in [1.54, 1.807) is 0 Å². The van der Waals surface area contributed by atoms with Crippen LogP contribution in [0, 0.1) is 0 Å². The van der Waals surface area contributed by atoms with Crippen molar-refractivity contribution in [3.8, 4) is 11.4 Å². The van der Waals surface area contributed by atoms with Crippen molar-refractivity contribution in [2.24, 2.45) is 0 Å². The number of benzene rings is 2. The molecule has 1 unspecified atom stereocenters. The van der Waals surface area contributed by atoms with Gasteiger partial charge >= 0.3 is 5.91 Å². The van der Waals surface area contributed by atoms with E-state index in [1.165, 1.54) is 43.5 Å². The lowest BCUT2D eigenvalue weighted by atomic mass is 10.2. The first-order valence-electron chi connectivity index (χ1n) is 8.10. The number of amides is 1. The Morgan fingerprint density at radius 1 is 1.20 bits per heavy atom. The summed E-state index contributed by atoms with van der Waals surface area (Å²) < 4.78 is 48.2. The average molecular weight is 495 g/mol. The van der Waals surface area contributed by atoms with E-state index in [2.05, 4.69) is 9.71 Å². The fourth-order valence-electron chi connectivity index (χ4n) is 2.55. The maximum Gasteiger partial charge on any atom is 0.313 e. The highest BCUT2D eigenvalue weighted by Gasteiger charge is 2.30. The van der Waals surface area contributed by atoms with Gasteiger partial charge in [-0.05, 0) is 30.3 Å². The number of ether oxygens (including phenoxy) is 1. The number of imidazole rings is 1. The SMILES string of the molecule is COc1ccc(Cl)c([S+]([O-])NC(=O)c2ncn(-c3ccc(Cl)cc3Cl)c2C(F)F)c1. The van der Waals surface area contributed by atoms with Crippen LogP contribution in [0.4, 0.5) is 8.78 Å². The average Bonchev–Trinajstić information content (AvgIpc) is 3.13. The predicted octanol–water partition coefficient (Wildman–Crippen LogP) is 5.23. The number of alkyl halides is 2. The van der Waals surface area contributed by atoms with E-state index in [1.807, 2.05) is 0 Å². The monoisotopic (exact) mass is 493 g/mol. The lowest BCUT2D eigenvalue weighted by molar-refractivity contribution is 0.0959. The molecule has 30 heavy (non-hydrogen) atoms. The van der Waals surface area contributed by atoms with Crippen molar-refractivity contribution in [3.63, 3.8) is 0 Å². The van der Waals surface area contributed by atoms with Gasteiger partial charge in [-0.15, -0.1) is 0 Å². The molecule has 0 aliphatic heterocycles. The van der Waals surface area contributed by atoms with Gasteiger partial charge in [-0.3, -0.25) is 9.36 Å². The van der Waals surface area contributed by atoms with Crippen LogP contribution in [0.15, 0.2) is 47.6 Å². The Bertz CT molecular complexity index is 1100. The Balaban J connectivity index is 1.94. The zero-order valence-electron chi connectivity index (χ0n) is 15.0. The molecule has 1 amide bonds. The van der Waals surface area contributed by atoms with Crippen LogP contribution in [-0.2, 0) is 11.4 Å². The second-order valence-corrected chi connectivity index (χ2v) is 8.17. The van der Waals surface area contributed by atoms with Gasteiger partial charge in [-0.25, -0.2) is 13.8 Å². The molecule has 0 bridgehead atoms. The molecule has 158 valence electrons. The molecule has 1 atom stereocenters. The molecular weight excluding hydrogens is 483 g/mol. The molecule has 3 aromatic rings. The second-order valence-electron chi connectivity index (χ2n) is 5.74. The molecule has 0 spiro atoms. The third-order valence-corrected chi connectivity index (χ3v) is 6.01. The molecule has 1 aromatic heterocycles. The van der Waals surface area contributed by atoms with Crippen molar-refractivity contribution in [3.05, 3.63) is 69.2 Å². The quantitative estimate of drug-likeness (QED) is 0.476. The van der Waals surface area contributed by atoms with Gasteiger partial charge in [0, 0.05) is 11.1 Å². The Morgan fingerprint density at radius 2 is 1.93 bits per heavy atom. The van der Waals surface area contributed by atoms with E-state index < -0.39 is 35.1 Å². The number of hydrogen-bond acceptors (Lipinski definition) is 4. The smallest absolute Gasteiger partial charge is 0.313 e. The highest BCUT2D eigenvalue weighted by Crippen LogP contribution is 2.31. The minimum Gasteiger partial charge on any atom is -0.588 e. The third-order valence-electron chi connectivity index (χ3n) is 3.92. The van der Waals surface area contributed by atoms with Gasteiger partial charge in [0.15, 0.2) is 5.69 Å². The minimum atomic E-state index is -3.08. The highest BCUT2D eigenvalue weighted by atomic mass is 35.5. The predicted molar refractivity (Wildman–Crippen MR) is 110 cm³/mol. The molecule has 1 heterocycles. The van der Waals surface area contributed by atoms with Crippen molar-refractivity contribution in [2.45, 2.75) is 11.3 Å². The van der Waals surface area contributed by atoms with Gasteiger partial charge in [0.2, 0.25) is 4.90 Å². The van der Waals surface area contributed by atoms with Crippen LogP contribution in [0.1, 0.15) is 22.6 Å². The van der Waals surface area contributed by atoms with Crippen LogP contribution in [0.5, 0.6) is 5.75 Å². The van der Waals surface area contributed by atoms with Crippen LogP contribution in [0.25, 0.3) is 5.69 Å². The van der Waals surface area contributed by atoms with Crippen LogP contribution in [0.3, 0.4) is 0 Å². The Labute approximate surface area is 188 Å². The minimum absolute atomic E-state index is 0.0446. The molecule has 0 fully saturated rings. The molecule has 6 nitrogen and oxygen atoms in total. The molecule has 1 N–H and O–H groups in total. The van der Waals surface area contributed by atoms with Crippen LogP contribution >= 0.6 is 34.8 Å². The van der Waals surface area contributed by atoms with E-state index >= 15 is 0 Å². The normalized spacial score (nSPS) is 12.1.